The highest BCUT2D eigenvalue weighted by molar-refractivity contribution is 7.80. The first-order chi connectivity index (χ1) is 14.8. The molecule has 2 aromatic heterocycles. The number of anilines is 1. The zero-order valence-electron chi connectivity index (χ0n) is 17.8. The second-order valence-electron chi connectivity index (χ2n) is 7.59. The summed E-state index contributed by atoms with van der Waals surface area (Å²) in [6, 6.07) is 11.4. The van der Waals surface area contributed by atoms with Crippen molar-refractivity contribution < 1.29 is 9.59 Å². The number of thiocarbonyl (C=S) groups is 1. The van der Waals surface area contributed by atoms with Gasteiger partial charge in [0.15, 0.2) is 5.11 Å². The Morgan fingerprint density at radius 1 is 0.935 bits per heavy atom. The molecule has 3 aromatic rings. The molecular formula is C24H22N4O2S. The minimum atomic E-state index is -0.496. The van der Waals surface area contributed by atoms with E-state index in [0.29, 0.717) is 5.69 Å². The topological polar surface area (TPSA) is 67.2 Å². The highest BCUT2D eigenvalue weighted by atomic mass is 32.1. The van der Waals surface area contributed by atoms with E-state index in [-0.39, 0.29) is 10.7 Å². The van der Waals surface area contributed by atoms with E-state index in [1.807, 2.05) is 64.1 Å². The number of hydrogen-bond donors (Lipinski definition) is 1. The van der Waals surface area contributed by atoms with E-state index in [2.05, 4.69) is 14.9 Å². The number of aromatic nitrogens is 2. The van der Waals surface area contributed by atoms with Gasteiger partial charge in [0.2, 0.25) is 0 Å². The summed E-state index contributed by atoms with van der Waals surface area (Å²) in [7, 11) is 0. The minimum Gasteiger partial charge on any atom is -0.318 e. The molecule has 3 heterocycles. The van der Waals surface area contributed by atoms with Gasteiger partial charge in [-0.25, -0.2) is 0 Å². The van der Waals surface area contributed by atoms with Crippen LogP contribution in [0, 0.1) is 27.7 Å². The number of carbonyl (C=O) groups excluding carboxylic acids is 2. The average molecular weight is 431 g/mol. The number of hydrogen-bond acceptors (Lipinski definition) is 4. The fourth-order valence-corrected chi connectivity index (χ4v) is 4.02. The molecule has 1 saturated heterocycles. The number of pyridine rings is 1. The van der Waals surface area contributed by atoms with E-state index in [4.69, 9.17) is 12.2 Å². The van der Waals surface area contributed by atoms with Crippen molar-refractivity contribution in [3.05, 3.63) is 82.4 Å². The van der Waals surface area contributed by atoms with Crippen molar-refractivity contribution in [2.45, 2.75) is 27.7 Å². The molecule has 1 aromatic carbocycles. The van der Waals surface area contributed by atoms with Crippen LogP contribution in [0.1, 0.15) is 28.1 Å². The first-order valence-electron chi connectivity index (χ1n) is 9.86. The Balaban J connectivity index is 1.77. The van der Waals surface area contributed by atoms with Crippen LogP contribution in [0.2, 0.25) is 0 Å². The lowest BCUT2D eigenvalue weighted by molar-refractivity contribution is -0.122. The fourth-order valence-electron chi connectivity index (χ4n) is 3.74. The highest BCUT2D eigenvalue weighted by Gasteiger charge is 2.34. The van der Waals surface area contributed by atoms with Crippen LogP contribution in [0.15, 0.2) is 54.4 Å². The van der Waals surface area contributed by atoms with Crippen molar-refractivity contribution in [3.8, 4) is 5.69 Å². The van der Waals surface area contributed by atoms with E-state index >= 15 is 0 Å². The van der Waals surface area contributed by atoms with Gasteiger partial charge in [0.25, 0.3) is 11.8 Å². The normalized spacial score (nSPS) is 15.5. The Bertz CT molecular complexity index is 1260. The Kier molecular flexibility index (Phi) is 5.29. The van der Waals surface area contributed by atoms with Gasteiger partial charge in [0, 0.05) is 29.5 Å². The number of rotatable bonds is 3. The zero-order valence-corrected chi connectivity index (χ0v) is 18.6. The van der Waals surface area contributed by atoms with Crippen LogP contribution in [-0.2, 0) is 9.59 Å². The van der Waals surface area contributed by atoms with E-state index in [1.165, 1.54) is 4.90 Å². The molecule has 1 aliphatic heterocycles. The lowest BCUT2D eigenvalue weighted by Gasteiger charge is -2.29. The van der Waals surface area contributed by atoms with Crippen LogP contribution >= 0.6 is 12.2 Å². The van der Waals surface area contributed by atoms with Crippen LogP contribution in [0.25, 0.3) is 11.8 Å². The Hall–Kier alpha value is -3.58. The number of carbonyl (C=O) groups is 2. The molecule has 2 amide bonds. The average Bonchev–Trinajstić information content (AvgIpc) is 3.01. The molecule has 0 atom stereocenters. The Labute approximate surface area is 186 Å². The molecule has 0 bridgehead atoms. The predicted molar refractivity (Wildman–Crippen MR) is 125 cm³/mol. The maximum Gasteiger partial charge on any atom is 0.270 e. The number of aryl methyl sites for hydroxylation is 3. The van der Waals surface area contributed by atoms with E-state index in [1.54, 1.807) is 18.5 Å². The maximum atomic E-state index is 13.3. The molecule has 7 heteroatoms. The summed E-state index contributed by atoms with van der Waals surface area (Å²) in [5.41, 5.74) is 6.49. The second kappa shape index (κ2) is 7.92. The zero-order chi connectivity index (χ0) is 22.3. The molecule has 0 radical (unpaired) electrons. The molecule has 4 rings (SSSR count). The highest BCUT2D eigenvalue weighted by Crippen LogP contribution is 2.27. The van der Waals surface area contributed by atoms with Gasteiger partial charge in [-0.2, -0.15) is 0 Å². The number of nitrogens with one attached hydrogen (secondary N) is 1. The molecule has 6 nitrogen and oxygen atoms in total. The van der Waals surface area contributed by atoms with Gasteiger partial charge in [-0.15, -0.1) is 0 Å². The van der Waals surface area contributed by atoms with E-state index in [9.17, 15) is 9.59 Å². The van der Waals surface area contributed by atoms with Crippen LogP contribution < -0.4 is 10.2 Å². The van der Waals surface area contributed by atoms with Crippen molar-refractivity contribution in [2.24, 2.45) is 0 Å². The van der Waals surface area contributed by atoms with Crippen LogP contribution in [0.5, 0.6) is 0 Å². The monoisotopic (exact) mass is 430 g/mol. The predicted octanol–water partition coefficient (Wildman–Crippen LogP) is 3.94. The first-order valence-corrected chi connectivity index (χ1v) is 10.3. The van der Waals surface area contributed by atoms with Gasteiger partial charge in [0.05, 0.1) is 5.69 Å². The first kappa shape index (κ1) is 20.7. The van der Waals surface area contributed by atoms with Crippen molar-refractivity contribution in [2.75, 3.05) is 4.90 Å². The molecule has 1 fully saturated rings. The smallest absolute Gasteiger partial charge is 0.270 e. The van der Waals surface area contributed by atoms with Gasteiger partial charge in [0.1, 0.15) is 5.57 Å². The fraction of sp³-hybridized carbons (Fsp3) is 0.167. The Morgan fingerprint density at radius 2 is 1.65 bits per heavy atom. The maximum absolute atomic E-state index is 13.3. The minimum absolute atomic E-state index is 0.0433. The van der Waals surface area contributed by atoms with Gasteiger partial charge < -0.3 is 4.57 Å². The van der Waals surface area contributed by atoms with E-state index in [0.717, 1.165) is 33.8 Å². The van der Waals surface area contributed by atoms with Crippen LogP contribution in [0.3, 0.4) is 0 Å². The molecule has 0 saturated carbocycles. The van der Waals surface area contributed by atoms with Crippen molar-refractivity contribution in [1.29, 1.82) is 0 Å². The summed E-state index contributed by atoms with van der Waals surface area (Å²) in [6.45, 7) is 7.91. The third kappa shape index (κ3) is 3.68. The van der Waals surface area contributed by atoms with Gasteiger partial charge >= 0.3 is 0 Å². The molecule has 1 aliphatic rings. The summed E-state index contributed by atoms with van der Waals surface area (Å²) in [6.07, 6.45) is 5.09. The number of benzene rings is 1. The molecule has 156 valence electrons. The molecular weight excluding hydrogens is 408 g/mol. The molecule has 31 heavy (non-hydrogen) atoms. The standard InChI is InChI=1S/C24H22N4O2S/c1-14-5-6-20(11-15(14)2)28-23(30)21(22(29)26-24(28)31)13-18-12-16(3)27(17(18)4)19-7-9-25-10-8-19/h5-13H,1-4H3,(H,26,29,31). The van der Waals surface area contributed by atoms with Crippen LogP contribution in [0.4, 0.5) is 5.69 Å². The molecule has 0 spiro atoms. The Morgan fingerprint density at radius 3 is 2.32 bits per heavy atom. The summed E-state index contributed by atoms with van der Waals surface area (Å²) >= 11 is 5.31. The third-order valence-electron chi connectivity index (χ3n) is 5.54. The summed E-state index contributed by atoms with van der Waals surface area (Å²) < 4.78 is 2.06. The summed E-state index contributed by atoms with van der Waals surface area (Å²) in [5.74, 6) is -0.936. The lowest BCUT2D eigenvalue weighted by atomic mass is 10.1. The van der Waals surface area contributed by atoms with Crippen molar-refractivity contribution in [3.63, 3.8) is 0 Å². The number of amides is 2. The van der Waals surface area contributed by atoms with Crippen LogP contribution in [-0.4, -0.2) is 26.5 Å². The molecule has 0 unspecified atom stereocenters. The van der Waals surface area contributed by atoms with E-state index < -0.39 is 11.8 Å². The van der Waals surface area contributed by atoms with Gasteiger partial charge in [-0.1, -0.05) is 6.07 Å². The number of nitrogens with zero attached hydrogens (tertiary/aromatic N) is 3. The molecule has 0 aliphatic carbocycles. The SMILES string of the molecule is Cc1ccc(N2C(=O)C(=Cc3cc(C)n(-c4ccncc4)c3C)C(=O)NC2=S)cc1C. The van der Waals surface area contributed by atoms with Gasteiger partial charge in [-0.3, -0.25) is 24.8 Å². The third-order valence-corrected chi connectivity index (χ3v) is 5.83. The summed E-state index contributed by atoms with van der Waals surface area (Å²) in [5, 5.41) is 2.73. The van der Waals surface area contributed by atoms with Gasteiger partial charge in [-0.05, 0) is 93.0 Å². The van der Waals surface area contributed by atoms with Crippen molar-refractivity contribution in [1.82, 2.24) is 14.9 Å². The van der Waals surface area contributed by atoms with Crippen molar-refractivity contribution >= 4 is 40.9 Å². The quantitative estimate of drug-likeness (QED) is 0.388. The largest absolute Gasteiger partial charge is 0.318 e. The summed E-state index contributed by atoms with van der Waals surface area (Å²) in [4.78, 5) is 31.4. The molecule has 1 N–H and O–H groups in total. The lowest BCUT2D eigenvalue weighted by Crippen LogP contribution is -2.54. The second-order valence-corrected chi connectivity index (χ2v) is 7.98.